The zero-order chi connectivity index (χ0) is 12.5. The summed E-state index contributed by atoms with van der Waals surface area (Å²) < 4.78 is 27.9. The molecule has 0 aliphatic rings. The molecule has 17 heavy (non-hydrogen) atoms. The van der Waals surface area contributed by atoms with Gasteiger partial charge in [0.15, 0.2) is 0 Å². The van der Waals surface area contributed by atoms with Crippen molar-refractivity contribution in [1.29, 1.82) is 0 Å². The van der Waals surface area contributed by atoms with Gasteiger partial charge in [-0.25, -0.2) is 4.79 Å². The van der Waals surface area contributed by atoms with Crippen LogP contribution in [0, 0.1) is 0 Å². The molecule has 0 bridgehead atoms. The molecule has 0 fully saturated rings. The minimum atomic E-state index is -3.20. The van der Waals surface area contributed by atoms with Gasteiger partial charge in [-0.15, -0.1) is 0 Å². The first-order valence-corrected chi connectivity index (χ1v) is 4.87. The van der Waals surface area contributed by atoms with Crippen molar-refractivity contribution in [2.24, 2.45) is 0 Å². The second-order valence-corrected chi connectivity index (χ2v) is 3.56. The summed E-state index contributed by atoms with van der Waals surface area (Å²) in [5.41, 5.74) is -0.685. The van der Waals surface area contributed by atoms with Gasteiger partial charge in [0.1, 0.15) is 0 Å². The fraction of sp³-hybridized carbons (Fsp3) is 0.0833. The van der Waals surface area contributed by atoms with Crippen LogP contribution in [0.4, 0.5) is 8.78 Å². The first-order valence-electron chi connectivity index (χ1n) is 4.87. The van der Waals surface area contributed by atoms with Gasteiger partial charge in [0.25, 0.3) is 5.92 Å². The first-order chi connectivity index (χ1) is 8.01. The Morgan fingerprint density at radius 1 is 1.24 bits per heavy atom. The third-order valence-corrected chi connectivity index (χ3v) is 2.43. The third-order valence-electron chi connectivity index (χ3n) is 2.43. The van der Waals surface area contributed by atoms with Crippen LogP contribution in [0.5, 0.6) is 0 Å². The number of hydrogen-bond donors (Lipinski definition) is 2. The Balaban J connectivity index is 2.46. The van der Waals surface area contributed by atoms with E-state index in [1.807, 2.05) is 0 Å². The van der Waals surface area contributed by atoms with E-state index < -0.39 is 11.9 Å². The highest BCUT2D eigenvalue weighted by Gasteiger charge is 2.34. The number of aromatic carboxylic acids is 1. The fourth-order valence-corrected chi connectivity index (χ4v) is 1.53. The highest BCUT2D eigenvalue weighted by molar-refractivity contribution is 5.87. The molecular formula is C12H9F2NO2. The maximum atomic E-state index is 14.0. The van der Waals surface area contributed by atoms with Crippen LogP contribution < -0.4 is 0 Å². The number of carboxylic acids is 1. The Kier molecular flexibility index (Phi) is 2.67. The lowest BCUT2D eigenvalue weighted by Crippen LogP contribution is -2.15. The predicted octanol–water partition coefficient (Wildman–Crippen LogP) is 2.85. The summed E-state index contributed by atoms with van der Waals surface area (Å²) in [6, 6.07) is 6.03. The lowest BCUT2D eigenvalue weighted by molar-refractivity contribution is 0.0428. The number of halogens is 2. The smallest absolute Gasteiger partial charge is 0.335 e. The van der Waals surface area contributed by atoms with Crippen molar-refractivity contribution in [3.63, 3.8) is 0 Å². The number of benzene rings is 1. The normalized spacial score (nSPS) is 11.4. The van der Waals surface area contributed by atoms with Gasteiger partial charge in [-0.2, -0.15) is 8.78 Å². The molecule has 2 aromatic rings. The van der Waals surface area contributed by atoms with Crippen molar-refractivity contribution in [2.75, 3.05) is 0 Å². The molecule has 0 unspecified atom stereocenters. The second-order valence-electron chi connectivity index (χ2n) is 3.56. The first kappa shape index (κ1) is 11.3. The van der Waals surface area contributed by atoms with Crippen LogP contribution in [0.25, 0.3) is 0 Å². The predicted molar refractivity (Wildman–Crippen MR) is 57.2 cm³/mol. The zero-order valence-corrected chi connectivity index (χ0v) is 8.65. The van der Waals surface area contributed by atoms with Crippen LogP contribution in [0.15, 0.2) is 42.7 Å². The Bertz CT molecular complexity index is 535. The quantitative estimate of drug-likeness (QED) is 0.862. The van der Waals surface area contributed by atoms with Crippen molar-refractivity contribution in [1.82, 2.24) is 4.98 Å². The number of nitrogens with one attached hydrogen (secondary N) is 1. The molecule has 2 rings (SSSR count). The molecule has 1 aromatic carbocycles. The van der Waals surface area contributed by atoms with Gasteiger partial charge in [-0.3, -0.25) is 0 Å². The highest BCUT2D eigenvalue weighted by atomic mass is 19.3. The van der Waals surface area contributed by atoms with E-state index in [1.165, 1.54) is 36.7 Å². The number of rotatable bonds is 3. The molecule has 1 aromatic heterocycles. The van der Waals surface area contributed by atoms with Gasteiger partial charge >= 0.3 is 5.97 Å². The lowest BCUT2D eigenvalue weighted by atomic mass is 10.0. The van der Waals surface area contributed by atoms with Crippen molar-refractivity contribution >= 4 is 5.97 Å². The van der Waals surface area contributed by atoms with Gasteiger partial charge in [-0.05, 0) is 18.2 Å². The van der Waals surface area contributed by atoms with Crippen molar-refractivity contribution < 1.29 is 18.7 Å². The molecule has 5 heteroatoms. The van der Waals surface area contributed by atoms with Crippen LogP contribution in [0.3, 0.4) is 0 Å². The number of carbonyl (C=O) groups is 1. The lowest BCUT2D eigenvalue weighted by Gasteiger charge is -2.15. The van der Waals surface area contributed by atoms with Crippen molar-refractivity contribution in [3.05, 3.63) is 59.4 Å². The number of alkyl halides is 2. The summed E-state index contributed by atoms with van der Waals surface area (Å²) in [6.45, 7) is 0. The van der Waals surface area contributed by atoms with Crippen LogP contribution in [-0.4, -0.2) is 16.1 Å². The molecule has 88 valence electrons. The second kappa shape index (κ2) is 4.01. The summed E-state index contributed by atoms with van der Waals surface area (Å²) in [5, 5.41) is 8.75. The van der Waals surface area contributed by atoms with Gasteiger partial charge in [0.05, 0.1) is 5.56 Å². The summed E-state index contributed by atoms with van der Waals surface area (Å²) in [7, 11) is 0. The van der Waals surface area contributed by atoms with Crippen LogP contribution >= 0.6 is 0 Å². The number of aromatic nitrogens is 1. The largest absolute Gasteiger partial charge is 0.478 e. The van der Waals surface area contributed by atoms with Gasteiger partial charge < -0.3 is 10.1 Å². The average Bonchev–Trinajstić information content (AvgIpc) is 2.83. The summed E-state index contributed by atoms with van der Waals surface area (Å²) in [4.78, 5) is 13.3. The number of hydrogen-bond acceptors (Lipinski definition) is 1. The van der Waals surface area contributed by atoms with E-state index in [1.54, 1.807) is 0 Å². The fourth-order valence-electron chi connectivity index (χ4n) is 1.53. The zero-order valence-electron chi connectivity index (χ0n) is 8.65. The van der Waals surface area contributed by atoms with E-state index in [9.17, 15) is 13.6 Å². The molecule has 0 aliphatic carbocycles. The number of aromatic amines is 1. The van der Waals surface area contributed by atoms with Crippen LogP contribution in [0.2, 0.25) is 0 Å². The molecule has 1 heterocycles. The minimum Gasteiger partial charge on any atom is -0.478 e. The molecule has 0 spiro atoms. The minimum absolute atomic E-state index is 0.155. The summed E-state index contributed by atoms with van der Waals surface area (Å²) in [6.07, 6.45) is 2.58. The molecule has 0 saturated heterocycles. The SMILES string of the molecule is O=C(O)c1cccc(C(F)(F)c2cc[nH]c2)c1. The van der Waals surface area contributed by atoms with Crippen molar-refractivity contribution in [2.45, 2.75) is 5.92 Å². The highest BCUT2D eigenvalue weighted by Crippen LogP contribution is 2.35. The molecular weight excluding hydrogens is 228 g/mol. The molecule has 0 radical (unpaired) electrons. The molecule has 0 atom stereocenters. The standard InChI is InChI=1S/C12H9F2NO2/c13-12(14,10-4-5-15-7-10)9-3-1-2-8(6-9)11(16)17/h1-7,15H,(H,16,17). The Labute approximate surface area is 95.7 Å². The average molecular weight is 237 g/mol. The molecule has 0 saturated carbocycles. The van der Waals surface area contributed by atoms with E-state index >= 15 is 0 Å². The Hall–Kier alpha value is -2.17. The maximum absolute atomic E-state index is 14.0. The summed E-state index contributed by atoms with van der Waals surface area (Å²) in [5.74, 6) is -4.43. The van der Waals surface area contributed by atoms with E-state index in [0.717, 1.165) is 6.07 Å². The maximum Gasteiger partial charge on any atom is 0.335 e. The Morgan fingerprint density at radius 2 is 2.00 bits per heavy atom. The number of carboxylic acid groups (broad SMARTS) is 1. The van der Waals surface area contributed by atoms with Gasteiger partial charge in [0.2, 0.25) is 0 Å². The molecule has 0 amide bonds. The van der Waals surface area contributed by atoms with Crippen molar-refractivity contribution in [3.8, 4) is 0 Å². The van der Waals surface area contributed by atoms with E-state index in [-0.39, 0.29) is 16.7 Å². The number of H-pyrrole nitrogens is 1. The van der Waals surface area contributed by atoms with E-state index in [4.69, 9.17) is 5.11 Å². The van der Waals surface area contributed by atoms with Crippen LogP contribution in [-0.2, 0) is 5.92 Å². The molecule has 2 N–H and O–H groups in total. The van der Waals surface area contributed by atoms with E-state index in [2.05, 4.69) is 4.98 Å². The van der Waals surface area contributed by atoms with Gasteiger partial charge in [0, 0.05) is 23.5 Å². The molecule has 0 aliphatic heterocycles. The Morgan fingerprint density at radius 3 is 2.59 bits per heavy atom. The topological polar surface area (TPSA) is 53.1 Å². The van der Waals surface area contributed by atoms with Gasteiger partial charge in [-0.1, -0.05) is 12.1 Å². The summed E-state index contributed by atoms with van der Waals surface area (Å²) >= 11 is 0. The van der Waals surface area contributed by atoms with E-state index in [0.29, 0.717) is 0 Å². The third kappa shape index (κ3) is 2.04. The molecule has 3 nitrogen and oxygen atoms in total. The monoisotopic (exact) mass is 237 g/mol. The van der Waals surface area contributed by atoms with Crippen LogP contribution in [0.1, 0.15) is 21.5 Å².